The highest BCUT2D eigenvalue weighted by atomic mass is 16.5. The lowest BCUT2D eigenvalue weighted by atomic mass is 10.1. The van der Waals surface area contributed by atoms with Gasteiger partial charge in [0.2, 0.25) is 5.91 Å². The van der Waals surface area contributed by atoms with Crippen molar-refractivity contribution < 1.29 is 23.9 Å². The number of hydrogen-bond donors (Lipinski definition) is 1. The summed E-state index contributed by atoms with van der Waals surface area (Å²) in [6.07, 6.45) is 0. The van der Waals surface area contributed by atoms with E-state index in [2.05, 4.69) is 0 Å². The molecule has 7 nitrogen and oxygen atoms in total. The van der Waals surface area contributed by atoms with Gasteiger partial charge in [0.1, 0.15) is 6.61 Å². The van der Waals surface area contributed by atoms with Crippen molar-refractivity contribution in [2.24, 2.45) is 5.73 Å². The number of fused-ring (bicyclic) bond motifs is 1. The molecule has 0 radical (unpaired) electrons. The summed E-state index contributed by atoms with van der Waals surface area (Å²) >= 11 is 0. The molecule has 3 amide bonds. The number of carbonyl (C=O) groups is 4. The largest absolute Gasteiger partial charge is 0.457 e. The van der Waals surface area contributed by atoms with E-state index in [0.29, 0.717) is 11.1 Å². The zero-order chi connectivity index (χ0) is 22.0. The lowest BCUT2D eigenvalue weighted by Gasteiger charge is -2.13. The number of ether oxygens (including phenoxy) is 1. The van der Waals surface area contributed by atoms with E-state index in [9.17, 15) is 19.2 Å². The molecule has 0 saturated carbocycles. The van der Waals surface area contributed by atoms with Crippen molar-refractivity contribution in [3.8, 4) is 0 Å². The molecule has 1 heterocycles. The lowest BCUT2D eigenvalue weighted by Crippen LogP contribution is -2.29. The number of benzene rings is 3. The van der Waals surface area contributed by atoms with Gasteiger partial charge in [0.05, 0.1) is 23.2 Å². The molecule has 3 aromatic rings. The summed E-state index contributed by atoms with van der Waals surface area (Å²) in [5.41, 5.74) is 7.59. The van der Waals surface area contributed by atoms with Crippen LogP contribution in [0.3, 0.4) is 0 Å². The van der Waals surface area contributed by atoms with Crippen molar-refractivity contribution in [2.75, 3.05) is 0 Å². The molecule has 0 saturated heterocycles. The SMILES string of the molecule is NC(=O)c1cccc(COC(=O)c2ccc3c(c2)C(=O)N(Cc2ccccc2)C3=O)c1. The molecular weight excluding hydrogens is 396 g/mol. The fraction of sp³-hybridized carbons (Fsp3) is 0.0833. The number of primary amides is 1. The highest BCUT2D eigenvalue weighted by Gasteiger charge is 2.36. The first-order valence-corrected chi connectivity index (χ1v) is 9.54. The second-order valence-corrected chi connectivity index (χ2v) is 7.08. The third kappa shape index (κ3) is 4.06. The maximum Gasteiger partial charge on any atom is 0.338 e. The molecule has 4 rings (SSSR count). The van der Waals surface area contributed by atoms with Gasteiger partial charge in [-0.25, -0.2) is 4.79 Å². The molecule has 31 heavy (non-hydrogen) atoms. The van der Waals surface area contributed by atoms with Gasteiger partial charge in [-0.1, -0.05) is 42.5 Å². The van der Waals surface area contributed by atoms with E-state index < -0.39 is 23.7 Å². The molecule has 0 aliphatic carbocycles. The van der Waals surface area contributed by atoms with Crippen LogP contribution in [0, 0.1) is 0 Å². The Morgan fingerprint density at radius 3 is 2.23 bits per heavy atom. The Kier molecular flexibility index (Phi) is 5.32. The summed E-state index contributed by atoms with van der Waals surface area (Å²) in [4.78, 5) is 50.3. The van der Waals surface area contributed by atoms with Gasteiger partial charge >= 0.3 is 5.97 Å². The van der Waals surface area contributed by atoms with Crippen LogP contribution >= 0.6 is 0 Å². The number of hydrogen-bond acceptors (Lipinski definition) is 5. The second kappa shape index (κ2) is 8.23. The van der Waals surface area contributed by atoms with Gasteiger partial charge in [-0.2, -0.15) is 0 Å². The number of carbonyl (C=O) groups excluding carboxylic acids is 4. The fourth-order valence-corrected chi connectivity index (χ4v) is 3.37. The molecule has 0 bridgehead atoms. The molecule has 3 aromatic carbocycles. The second-order valence-electron chi connectivity index (χ2n) is 7.08. The Morgan fingerprint density at radius 1 is 0.774 bits per heavy atom. The van der Waals surface area contributed by atoms with E-state index in [1.54, 1.807) is 24.3 Å². The first-order valence-electron chi connectivity index (χ1n) is 9.54. The Balaban J connectivity index is 1.48. The smallest absolute Gasteiger partial charge is 0.338 e. The number of rotatable bonds is 6. The molecule has 1 aliphatic heterocycles. The van der Waals surface area contributed by atoms with Crippen molar-refractivity contribution in [3.63, 3.8) is 0 Å². The Hall–Kier alpha value is -4.26. The number of nitrogens with two attached hydrogens (primary N) is 1. The van der Waals surface area contributed by atoms with Gasteiger partial charge in [-0.15, -0.1) is 0 Å². The predicted octanol–water partition coefficient (Wildman–Crippen LogP) is 2.94. The third-order valence-corrected chi connectivity index (χ3v) is 4.97. The molecule has 7 heteroatoms. The molecule has 154 valence electrons. The van der Waals surface area contributed by atoms with Gasteiger partial charge in [-0.3, -0.25) is 19.3 Å². The van der Waals surface area contributed by atoms with Crippen LogP contribution in [0.4, 0.5) is 0 Å². The molecule has 2 N–H and O–H groups in total. The molecule has 1 aliphatic rings. The van der Waals surface area contributed by atoms with E-state index in [1.807, 2.05) is 30.3 Å². The van der Waals surface area contributed by atoms with Crippen molar-refractivity contribution >= 4 is 23.7 Å². The van der Waals surface area contributed by atoms with Crippen LogP contribution < -0.4 is 5.73 Å². The Labute approximate surface area is 178 Å². The third-order valence-electron chi connectivity index (χ3n) is 4.97. The Morgan fingerprint density at radius 2 is 1.48 bits per heavy atom. The molecule has 0 spiro atoms. The van der Waals surface area contributed by atoms with Crippen LogP contribution in [0.15, 0.2) is 72.8 Å². The normalized spacial score (nSPS) is 12.6. The average molecular weight is 414 g/mol. The van der Waals surface area contributed by atoms with Gasteiger partial charge in [0.15, 0.2) is 0 Å². The summed E-state index contributed by atoms with van der Waals surface area (Å²) in [7, 11) is 0. The fourth-order valence-electron chi connectivity index (χ4n) is 3.37. The van der Waals surface area contributed by atoms with Gasteiger partial charge in [0, 0.05) is 5.56 Å². The highest BCUT2D eigenvalue weighted by Crippen LogP contribution is 2.26. The Bertz CT molecular complexity index is 1200. The number of esters is 1. The maximum absolute atomic E-state index is 12.8. The monoisotopic (exact) mass is 414 g/mol. The van der Waals surface area contributed by atoms with Crippen molar-refractivity contribution in [1.82, 2.24) is 4.90 Å². The standard InChI is InChI=1S/C24H18N2O5/c25-21(27)17-8-4-7-16(11-17)14-31-24(30)18-9-10-19-20(12-18)23(29)26(22(19)28)13-15-5-2-1-3-6-15/h1-12H,13-14H2,(H2,25,27). The highest BCUT2D eigenvalue weighted by molar-refractivity contribution is 6.21. The molecular formula is C24H18N2O5. The first kappa shape index (κ1) is 20.0. The minimum Gasteiger partial charge on any atom is -0.457 e. The van der Waals surface area contributed by atoms with E-state index >= 15 is 0 Å². The zero-order valence-electron chi connectivity index (χ0n) is 16.4. The summed E-state index contributed by atoms with van der Waals surface area (Å²) < 4.78 is 5.29. The van der Waals surface area contributed by atoms with Gasteiger partial charge in [0.25, 0.3) is 11.8 Å². The molecule has 0 unspecified atom stereocenters. The lowest BCUT2D eigenvalue weighted by molar-refractivity contribution is 0.0472. The average Bonchev–Trinajstić information content (AvgIpc) is 3.02. The maximum atomic E-state index is 12.8. The van der Waals surface area contributed by atoms with Crippen LogP contribution in [0.5, 0.6) is 0 Å². The number of imide groups is 1. The van der Waals surface area contributed by atoms with Crippen LogP contribution in [0.1, 0.15) is 52.6 Å². The van der Waals surface area contributed by atoms with Crippen LogP contribution in [-0.2, 0) is 17.9 Å². The topological polar surface area (TPSA) is 107 Å². The summed E-state index contributed by atoms with van der Waals surface area (Å²) in [6.45, 7) is 0.0905. The quantitative estimate of drug-likeness (QED) is 0.493. The van der Waals surface area contributed by atoms with Crippen LogP contribution in [0.25, 0.3) is 0 Å². The molecule has 0 atom stereocenters. The minimum absolute atomic E-state index is 0.0654. The van der Waals surface area contributed by atoms with Gasteiger partial charge in [-0.05, 0) is 41.5 Å². The summed E-state index contributed by atoms with van der Waals surface area (Å²) in [5.74, 6) is -2.07. The minimum atomic E-state index is -0.644. The van der Waals surface area contributed by atoms with E-state index in [1.165, 1.54) is 18.2 Å². The molecule has 0 aromatic heterocycles. The van der Waals surface area contributed by atoms with Gasteiger partial charge < -0.3 is 10.5 Å². The van der Waals surface area contributed by atoms with E-state index in [4.69, 9.17) is 10.5 Å². The zero-order valence-corrected chi connectivity index (χ0v) is 16.4. The first-order chi connectivity index (χ1) is 14.9. The summed E-state index contributed by atoms with van der Waals surface area (Å²) in [6, 6.07) is 19.9. The van der Waals surface area contributed by atoms with Crippen molar-refractivity contribution in [1.29, 1.82) is 0 Å². The predicted molar refractivity (Wildman–Crippen MR) is 111 cm³/mol. The summed E-state index contributed by atoms with van der Waals surface area (Å²) in [5, 5.41) is 0. The van der Waals surface area contributed by atoms with Crippen molar-refractivity contribution in [2.45, 2.75) is 13.2 Å². The van der Waals surface area contributed by atoms with E-state index in [0.717, 1.165) is 10.5 Å². The molecule has 0 fully saturated rings. The number of nitrogens with zero attached hydrogens (tertiary/aromatic N) is 1. The van der Waals surface area contributed by atoms with Crippen LogP contribution in [0.2, 0.25) is 0 Å². The number of amides is 3. The van der Waals surface area contributed by atoms with E-state index in [-0.39, 0.29) is 29.8 Å². The van der Waals surface area contributed by atoms with Crippen molar-refractivity contribution in [3.05, 3.63) is 106 Å². The van der Waals surface area contributed by atoms with Crippen LogP contribution in [-0.4, -0.2) is 28.6 Å².